The van der Waals surface area contributed by atoms with E-state index >= 15 is 0 Å². The van der Waals surface area contributed by atoms with Crippen LogP contribution in [0, 0.1) is 0 Å². The molecule has 138 valence electrons. The normalized spacial score (nSPS) is 10.1. The first-order chi connectivity index (χ1) is 13.2. The van der Waals surface area contributed by atoms with Gasteiger partial charge in [-0.05, 0) is 42.0 Å². The molecule has 0 aliphatic carbocycles. The van der Waals surface area contributed by atoms with Crippen LogP contribution in [-0.2, 0) is 11.2 Å². The van der Waals surface area contributed by atoms with Gasteiger partial charge in [-0.2, -0.15) is 0 Å². The number of rotatable bonds is 7. The lowest BCUT2D eigenvalue weighted by molar-refractivity contribution is -0.115. The Morgan fingerprint density at radius 1 is 0.889 bits per heavy atom. The highest BCUT2D eigenvalue weighted by atomic mass is 16.5. The van der Waals surface area contributed by atoms with Gasteiger partial charge in [0, 0.05) is 0 Å². The van der Waals surface area contributed by atoms with Gasteiger partial charge in [-0.1, -0.05) is 24.3 Å². The lowest BCUT2D eigenvalue weighted by Crippen LogP contribution is -2.15. The van der Waals surface area contributed by atoms with Crippen LogP contribution in [0.15, 0.2) is 60.7 Å². The van der Waals surface area contributed by atoms with Gasteiger partial charge in [-0.3, -0.25) is 4.79 Å². The van der Waals surface area contributed by atoms with E-state index in [1.54, 1.807) is 26.4 Å². The molecular weight excluding hydrogens is 344 g/mol. The van der Waals surface area contributed by atoms with Crippen molar-refractivity contribution < 1.29 is 14.3 Å². The summed E-state index contributed by atoms with van der Waals surface area (Å²) in [7, 11) is 3.21. The van der Waals surface area contributed by atoms with Crippen molar-refractivity contribution in [3.8, 4) is 11.5 Å². The quantitative estimate of drug-likeness (QED) is 0.668. The molecule has 0 unspecified atom stereocenters. The summed E-state index contributed by atoms with van der Waals surface area (Å²) >= 11 is 0. The summed E-state index contributed by atoms with van der Waals surface area (Å²) in [4.78, 5) is 12.2. The van der Waals surface area contributed by atoms with E-state index in [9.17, 15) is 4.79 Å². The highest BCUT2D eigenvalue weighted by Gasteiger charge is 2.07. The Labute approximate surface area is 157 Å². The molecule has 0 radical (unpaired) electrons. The molecule has 0 spiro atoms. The maximum absolute atomic E-state index is 12.2. The van der Waals surface area contributed by atoms with Crippen LogP contribution in [0.4, 0.5) is 17.3 Å². The number of carbonyl (C=O) groups excluding carboxylic acids is 1. The van der Waals surface area contributed by atoms with Crippen LogP contribution in [0.1, 0.15) is 5.56 Å². The Kier molecular flexibility index (Phi) is 5.84. The minimum atomic E-state index is -0.167. The molecule has 1 heterocycles. The third kappa shape index (κ3) is 4.94. The topological polar surface area (TPSA) is 85.4 Å². The van der Waals surface area contributed by atoms with Crippen LogP contribution in [0.2, 0.25) is 0 Å². The lowest BCUT2D eigenvalue weighted by Gasteiger charge is -2.10. The van der Waals surface area contributed by atoms with Crippen LogP contribution in [-0.4, -0.2) is 30.3 Å². The molecule has 0 aliphatic heterocycles. The first-order valence-corrected chi connectivity index (χ1v) is 8.34. The maximum atomic E-state index is 12.2. The fourth-order valence-electron chi connectivity index (χ4n) is 2.47. The molecule has 0 saturated carbocycles. The highest BCUT2D eigenvalue weighted by molar-refractivity contribution is 5.91. The van der Waals surface area contributed by atoms with Crippen LogP contribution in [0.25, 0.3) is 0 Å². The zero-order chi connectivity index (χ0) is 19.1. The largest absolute Gasteiger partial charge is 0.497 e. The number of methoxy groups -OCH3 is 2. The van der Waals surface area contributed by atoms with Crippen LogP contribution in [0.3, 0.4) is 0 Å². The number of nitrogens with zero attached hydrogens (tertiary/aromatic N) is 2. The van der Waals surface area contributed by atoms with Gasteiger partial charge < -0.3 is 20.1 Å². The zero-order valence-corrected chi connectivity index (χ0v) is 15.1. The molecule has 2 N–H and O–H groups in total. The van der Waals surface area contributed by atoms with E-state index in [1.807, 2.05) is 48.5 Å². The number of ether oxygens (including phenoxy) is 2. The number of aromatic nitrogens is 2. The van der Waals surface area contributed by atoms with Crippen molar-refractivity contribution in [1.82, 2.24) is 10.2 Å². The summed E-state index contributed by atoms with van der Waals surface area (Å²) in [6.45, 7) is 0. The summed E-state index contributed by atoms with van der Waals surface area (Å²) in [6, 6.07) is 18.3. The fraction of sp³-hybridized carbons (Fsp3) is 0.150. The van der Waals surface area contributed by atoms with Gasteiger partial charge in [-0.25, -0.2) is 0 Å². The minimum absolute atomic E-state index is 0.167. The van der Waals surface area contributed by atoms with E-state index in [2.05, 4.69) is 20.8 Å². The molecule has 0 saturated heterocycles. The van der Waals surface area contributed by atoms with Gasteiger partial charge in [0.05, 0.1) is 26.3 Å². The van der Waals surface area contributed by atoms with E-state index in [0.717, 1.165) is 17.0 Å². The number of nitrogens with one attached hydrogen (secondary N) is 2. The van der Waals surface area contributed by atoms with Crippen molar-refractivity contribution in [1.29, 1.82) is 0 Å². The maximum Gasteiger partial charge on any atom is 0.229 e. The van der Waals surface area contributed by atoms with Crippen molar-refractivity contribution in [3.05, 3.63) is 66.2 Å². The number of para-hydroxylation sites is 2. The SMILES string of the molecule is COc1ccc(CC(=O)Nc2ccc(Nc3ccccc3OC)nn2)cc1. The Morgan fingerprint density at radius 3 is 2.26 bits per heavy atom. The Balaban J connectivity index is 1.59. The molecule has 2 aromatic carbocycles. The molecule has 3 rings (SSSR count). The third-order valence-corrected chi connectivity index (χ3v) is 3.83. The monoisotopic (exact) mass is 364 g/mol. The molecule has 0 bridgehead atoms. The summed E-state index contributed by atoms with van der Waals surface area (Å²) in [5.74, 6) is 2.23. The standard InChI is InChI=1S/C20H20N4O3/c1-26-15-9-7-14(8-10-15)13-20(25)22-19-12-11-18(23-24-19)21-16-5-3-4-6-17(16)27-2/h3-12H,13H2,1-2H3,(H,21,23)(H,22,24,25). The average Bonchev–Trinajstić information content (AvgIpc) is 2.70. The number of carbonyl (C=O) groups is 1. The van der Waals surface area contributed by atoms with Crippen molar-refractivity contribution in [3.63, 3.8) is 0 Å². The van der Waals surface area contributed by atoms with Gasteiger partial charge in [0.2, 0.25) is 5.91 Å². The van der Waals surface area contributed by atoms with Crippen LogP contribution < -0.4 is 20.1 Å². The van der Waals surface area contributed by atoms with E-state index in [1.165, 1.54) is 0 Å². The molecule has 0 atom stereocenters. The van der Waals surface area contributed by atoms with Crippen LogP contribution >= 0.6 is 0 Å². The molecule has 7 nitrogen and oxygen atoms in total. The Hall–Kier alpha value is -3.61. The van der Waals surface area contributed by atoms with Gasteiger partial charge in [0.25, 0.3) is 0 Å². The fourth-order valence-corrected chi connectivity index (χ4v) is 2.47. The first-order valence-electron chi connectivity index (χ1n) is 8.34. The molecule has 1 aromatic heterocycles. The summed E-state index contributed by atoms with van der Waals surface area (Å²) < 4.78 is 10.4. The lowest BCUT2D eigenvalue weighted by atomic mass is 10.1. The second-order valence-corrected chi connectivity index (χ2v) is 5.70. The molecule has 1 amide bonds. The number of hydrogen-bond donors (Lipinski definition) is 2. The van der Waals surface area contributed by atoms with Gasteiger partial charge in [-0.15, -0.1) is 10.2 Å². The molecular formula is C20H20N4O3. The summed E-state index contributed by atoms with van der Waals surface area (Å²) in [6.07, 6.45) is 0.243. The van der Waals surface area contributed by atoms with Crippen molar-refractivity contribution >= 4 is 23.2 Å². The molecule has 3 aromatic rings. The zero-order valence-electron chi connectivity index (χ0n) is 15.1. The average molecular weight is 364 g/mol. The third-order valence-electron chi connectivity index (χ3n) is 3.83. The van der Waals surface area contributed by atoms with Crippen molar-refractivity contribution in [2.75, 3.05) is 24.9 Å². The highest BCUT2D eigenvalue weighted by Crippen LogP contribution is 2.26. The van der Waals surface area contributed by atoms with Gasteiger partial charge in [0.15, 0.2) is 11.6 Å². The van der Waals surface area contributed by atoms with E-state index in [0.29, 0.717) is 17.4 Å². The molecule has 0 fully saturated rings. The second kappa shape index (κ2) is 8.66. The smallest absolute Gasteiger partial charge is 0.229 e. The van der Waals surface area contributed by atoms with E-state index in [4.69, 9.17) is 9.47 Å². The Morgan fingerprint density at radius 2 is 1.59 bits per heavy atom. The van der Waals surface area contributed by atoms with Crippen LogP contribution in [0.5, 0.6) is 11.5 Å². The number of anilines is 3. The summed E-state index contributed by atoms with van der Waals surface area (Å²) in [5.41, 5.74) is 1.67. The molecule has 0 aliphatic rings. The van der Waals surface area contributed by atoms with Gasteiger partial charge in [0.1, 0.15) is 11.5 Å². The minimum Gasteiger partial charge on any atom is -0.497 e. The predicted molar refractivity (Wildman–Crippen MR) is 104 cm³/mol. The summed E-state index contributed by atoms with van der Waals surface area (Å²) in [5, 5.41) is 14.0. The van der Waals surface area contributed by atoms with E-state index in [-0.39, 0.29) is 12.3 Å². The molecule has 27 heavy (non-hydrogen) atoms. The van der Waals surface area contributed by atoms with Crippen molar-refractivity contribution in [2.24, 2.45) is 0 Å². The first kappa shape index (κ1) is 18.2. The van der Waals surface area contributed by atoms with Gasteiger partial charge >= 0.3 is 0 Å². The predicted octanol–water partition coefficient (Wildman–Crippen LogP) is 3.42. The molecule has 7 heteroatoms. The van der Waals surface area contributed by atoms with E-state index < -0.39 is 0 Å². The number of benzene rings is 2. The Bertz CT molecular complexity index is 896. The second-order valence-electron chi connectivity index (χ2n) is 5.70. The number of hydrogen-bond acceptors (Lipinski definition) is 6. The number of amides is 1. The van der Waals surface area contributed by atoms with Crippen molar-refractivity contribution in [2.45, 2.75) is 6.42 Å².